The maximum Gasteiger partial charge on any atom is 0.416 e. The summed E-state index contributed by atoms with van der Waals surface area (Å²) >= 11 is 0. The normalized spacial score (nSPS) is 11.2. The van der Waals surface area contributed by atoms with Crippen molar-refractivity contribution in [2.75, 3.05) is 5.43 Å². The van der Waals surface area contributed by atoms with Gasteiger partial charge in [-0.3, -0.25) is 4.79 Å². The molecule has 2 aromatic carbocycles. The number of amides is 1. The Bertz CT molecular complexity index is 893. The minimum Gasteiger partial charge on any atom is -0.263 e. The molecule has 0 radical (unpaired) electrons. The lowest BCUT2D eigenvalue weighted by Crippen LogP contribution is -2.50. The number of hydrogen-bond donors (Lipinski definition) is 1. The monoisotopic (exact) mass is 372 g/mol. The maximum atomic E-state index is 12.6. The molecule has 0 spiro atoms. The van der Waals surface area contributed by atoms with E-state index in [0.29, 0.717) is 18.4 Å². The number of nitrogens with zero attached hydrogens (tertiary/aromatic N) is 2. The van der Waals surface area contributed by atoms with Gasteiger partial charge in [0.05, 0.1) is 11.8 Å². The highest BCUT2D eigenvalue weighted by molar-refractivity contribution is 5.98. The number of halogens is 3. The Morgan fingerprint density at radius 3 is 2.04 bits per heavy atom. The van der Waals surface area contributed by atoms with E-state index in [-0.39, 0.29) is 5.91 Å². The molecule has 0 aliphatic carbocycles. The van der Waals surface area contributed by atoms with Crippen LogP contribution in [0.15, 0.2) is 73.1 Å². The first kappa shape index (κ1) is 18.6. The lowest BCUT2D eigenvalue weighted by molar-refractivity contribution is -0.702. The largest absolute Gasteiger partial charge is 0.416 e. The van der Waals surface area contributed by atoms with Gasteiger partial charge in [0.15, 0.2) is 0 Å². The van der Waals surface area contributed by atoms with Crippen molar-refractivity contribution in [2.24, 2.45) is 0 Å². The molecule has 0 saturated carbocycles. The molecule has 3 rings (SSSR count). The Morgan fingerprint density at radius 2 is 1.52 bits per heavy atom. The number of benzene rings is 2. The van der Waals surface area contributed by atoms with Crippen molar-refractivity contribution in [3.63, 3.8) is 0 Å². The molecule has 138 valence electrons. The number of carbonyl (C=O) groups excluding carboxylic acids is 1. The number of rotatable bonds is 5. The van der Waals surface area contributed by atoms with Crippen molar-refractivity contribution in [3.05, 3.63) is 95.3 Å². The smallest absolute Gasteiger partial charge is 0.263 e. The Kier molecular flexibility index (Phi) is 5.49. The van der Waals surface area contributed by atoms with Gasteiger partial charge >= 0.3 is 12.1 Å². The van der Waals surface area contributed by atoms with E-state index in [9.17, 15) is 18.0 Å². The second-order valence-corrected chi connectivity index (χ2v) is 5.98. The number of hydrogen-bond acceptors (Lipinski definition) is 2. The van der Waals surface area contributed by atoms with E-state index in [1.165, 1.54) is 16.9 Å². The van der Waals surface area contributed by atoms with Gasteiger partial charge in [-0.1, -0.05) is 29.7 Å². The first-order valence-corrected chi connectivity index (χ1v) is 8.31. The summed E-state index contributed by atoms with van der Waals surface area (Å²) in [7, 11) is 0. The van der Waals surface area contributed by atoms with Gasteiger partial charge in [0.2, 0.25) is 6.20 Å². The third kappa shape index (κ3) is 5.13. The molecule has 1 amide bonds. The quantitative estimate of drug-likeness (QED) is 0.696. The number of aryl methyl sites for hydroxylation is 2. The summed E-state index contributed by atoms with van der Waals surface area (Å²) in [5.41, 5.74) is 4.30. The fourth-order valence-corrected chi connectivity index (χ4v) is 2.54. The lowest BCUT2D eigenvalue weighted by atomic mass is 10.0. The molecule has 0 unspecified atom stereocenters. The van der Waals surface area contributed by atoms with Crippen molar-refractivity contribution in [1.29, 1.82) is 0 Å². The van der Waals surface area contributed by atoms with Crippen LogP contribution in [0.3, 0.4) is 0 Å². The molecule has 0 aliphatic rings. The third-order valence-electron chi connectivity index (χ3n) is 4.03. The average Bonchev–Trinajstić information content (AvgIpc) is 2.67. The van der Waals surface area contributed by atoms with Crippen LogP contribution in [0.5, 0.6) is 0 Å². The summed E-state index contributed by atoms with van der Waals surface area (Å²) in [5, 5.41) is 3.96. The number of nitrogens with one attached hydrogen (secondary N) is 1. The summed E-state index contributed by atoms with van der Waals surface area (Å²) < 4.78 is 37.7. The average molecular weight is 372 g/mol. The fraction of sp³-hybridized carbons (Fsp3) is 0.150. The van der Waals surface area contributed by atoms with Crippen LogP contribution in [0.25, 0.3) is 0 Å². The molecule has 0 bridgehead atoms. The minimum absolute atomic E-state index is 0.284. The summed E-state index contributed by atoms with van der Waals surface area (Å²) in [4.78, 5) is 13.5. The fourth-order valence-electron chi connectivity index (χ4n) is 2.54. The van der Waals surface area contributed by atoms with Gasteiger partial charge in [0.25, 0.3) is 0 Å². The second kappa shape index (κ2) is 7.99. The topological polar surface area (TPSA) is 45.9 Å². The van der Waals surface area contributed by atoms with Crippen LogP contribution in [0.2, 0.25) is 0 Å². The number of alkyl halides is 3. The van der Waals surface area contributed by atoms with Crippen LogP contribution in [-0.4, -0.2) is 11.0 Å². The van der Waals surface area contributed by atoms with Gasteiger partial charge in [-0.05, 0) is 54.3 Å². The van der Waals surface area contributed by atoms with Crippen molar-refractivity contribution in [3.8, 4) is 0 Å². The van der Waals surface area contributed by atoms with E-state index >= 15 is 0 Å². The highest BCUT2D eigenvalue weighted by atomic mass is 19.4. The van der Waals surface area contributed by atoms with Crippen LogP contribution in [0.1, 0.15) is 27.0 Å². The van der Waals surface area contributed by atoms with Crippen LogP contribution in [-0.2, 0) is 19.0 Å². The van der Waals surface area contributed by atoms with Crippen molar-refractivity contribution in [1.82, 2.24) is 5.10 Å². The third-order valence-corrected chi connectivity index (χ3v) is 4.03. The van der Waals surface area contributed by atoms with E-state index in [4.69, 9.17) is 0 Å². The van der Waals surface area contributed by atoms with E-state index in [1.54, 1.807) is 36.7 Å². The number of aromatic nitrogens is 2. The van der Waals surface area contributed by atoms with Gasteiger partial charge in [0, 0.05) is 21.5 Å². The molecule has 4 nitrogen and oxygen atoms in total. The predicted molar refractivity (Wildman–Crippen MR) is 93.4 cm³/mol. The standard InChI is InChI=1S/C20H16F3N3O/c21-20(22,23)18-11-7-16(8-12-18)4-3-15-5-9-17(10-6-15)19(27)25-26-14-2-1-13-24-26/h1-2,5-14H,3-4H2/p+1. The number of carbonyl (C=O) groups is 1. The zero-order chi connectivity index (χ0) is 19.3. The minimum atomic E-state index is -4.32. The van der Waals surface area contributed by atoms with Crippen molar-refractivity contribution < 1.29 is 22.8 Å². The highest BCUT2D eigenvalue weighted by Gasteiger charge is 2.29. The van der Waals surface area contributed by atoms with Gasteiger partial charge in [-0.15, -0.1) is 0 Å². The van der Waals surface area contributed by atoms with Gasteiger partial charge in [0.1, 0.15) is 0 Å². The highest BCUT2D eigenvalue weighted by Crippen LogP contribution is 2.29. The first-order valence-electron chi connectivity index (χ1n) is 8.31. The van der Waals surface area contributed by atoms with E-state index in [1.807, 2.05) is 12.1 Å². The van der Waals surface area contributed by atoms with E-state index < -0.39 is 11.7 Å². The summed E-state index contributed by atoms with van der Waals surface area (Å²) in [6.45, 7) is 0. The summed E-state index contributed by atoms with van der Waals surface area (Å²) in [6.07, 6.45) is 0.152. The summed E-state index contributed by atoms with van der Waals surface area (Å²) in [6, 6.07) is 15.8. The zero-order valence-corrected chi connectivity index (χ0v) is 14.3. The molecular weight excluding hydrogens is 355 g/mol. The van der Waals surface area contributed by atoms with E-state index in [2.05, 4.69) is 10.5 Å². The molecule has 0 saturated heterocycles. The molecule has 0 atom stereocenters. The Labute approximate surface area is 154 Å². The zero-order valence-electron chi connectivity index (χ0n) is 14.3. The Balaban J connectivity index is 1.57. The van der Waals surface area contributed by atoms with Crippen LogP contribution in [0.4, 0.5) is 13.2 Å². The Hall–Kier alpha value is -3.22. The second-order valence-electron chi connectivity index (χ2n) is 5.98. The SMILES string of the molecule is O=C(N[n+]1ccccn1)c1ccc(CCc2ccc(C(F)(F)F)cc2)cc1. The molecule has 1 N–H and O–H groups in total. The maximum absolute atomic E-state index is 12.6. The molecule has 0 fully saturated rings. The molecular formula is C20H17F3N3O+. The molecule has 3 aromatic rings. The molecule has 27 heavy (non-hydrogen) atoms. The lowest BCUT2D eigenvalue weighted by Gasteiger charge is -2.08. The van der Waals surface area contributed by atoms with Crippen LogP contribution in [0, 0.1) is 0 Å². The molecule has 1 heterocycles. The molecule has 0 aliphatic heterocycles. The molecule has 1 aromatic heterocycles. The van der Waals surface area contributed by atoms with Crippen LogP contribution >= 0.6 is 0 Å². The predicted octanol–water partition coefficient (Wildman–Crippen LogP) is 3.56. The summed E-state index contributed by atoms with van der Waals surface area (Å²) in [5.74, 6) is -0.284. The van der Waals surface area contributed by atoms with Gasteiger partial charge in [-0.25, -0.2) is 0 Å². The van der Waals surface area contributed by atoms with Gasteiger partial charge in [-0.2, -0.15) is 13.2 Å². The van der Waals surface area contributed by atoms with E-state index in [0.717, 1.165) is 23.3 Å². The van der Waals surface area contributed by atoms with Crippen molar-refractivity contribution >= 4 is 5.91 Å². The Morgan fingerprint density at radius 1 is 0.926 bits per heavy atom. The molecule has 7 heteroatoms. The first-order chi connectivity index (χ1) is 12.9. The van der Waals surface area contributed by atoms with Crippen molar-refractivity contribution in [2.45, 2.75) is 19.0 Å². The van der Waals surface area contributed by atoms with Gasteiger partial charge < -0.3 is 0 Å². The van der Waals surface area contributed by atoms with Crippen LogP contribution < -0.4 is 10.2 Å².